The molecule has 0 unspecified atom stereocenters. The molecule has 2 heteroatoms. The van der Waals surface area contributed by atoms with Gasteiger partial charge in [0.15, 0.2) is 0 Å². The Bertz CT molecular complexity index is 810. The minimum Gasteiger partial charge on any atom is -0.364 e. The molecule has 4 rings (SSSR count). The number of hydrogen-bond donors (Lipinski definition) is 1. The maximum absolute atomic E-state index is 5.02. The average molecular weight is 312 g/mol. The van der Waals surface area contributed by atoms with Crippen molar-refractivity contribution in [3.63, 3.8) is 0 Å². The number of nitrogens with one attached hydrogen (secondary N) is 1. The maximum Gasteiger partial charge on any atom is 0.102 e. The van der Waals surface area contributed by atoms with E-state index in [1.165, 1.54) is 16.7 Å². The first kappa shape index (κ1) is 14.7. The van der Waals surface area contributed by atoms with Gasteiger partial charge in [0.1, 0.15) is 11.9 Å². The third kappa shape index (κ3) is 3.09. The molecule has 0 spiro atoms. The zero-order valence-corrected chi connectivity index (χ0v) is 13.5. The van der Waals surface area contributed by atoms with Crippen molar-refractivity contribution in [1.29, 1.82) is 0 Å². The molecule has 24 heavy (non-hydrogen) atoms. The highest BCUT2D eigenvalue weighted by atomic mass is 15.1. The first-order valence-electron chi connectivity index (χ1n) is 8.37. The van der Waals surface area contributed by atoms with E-state index in [0.717, 1.165) is 12.3 Å². The van der Waals surface area contributed by atoms with Crippen molar-refractivity contribution in [2.24, 2.45) is 4.99 Å². The van der Waals surface area contributed by atoms with Gasteiger partial charge in [0, 0.05) is 6.42 Å². The monoisotopic (exact) mass is 312 g/mol. The van der Waals surface area contributed by atoms with Gasteiger partial charge in [-0.3, -0.25) is 4.99 Å². The number of hydrogen-bond acceptors (Lipinski definition) is 2. The lowest BCUT2D eigenvalue weighted by Crippen LogP contribution is -2.25. The van der Waals surface area contributed by atoms with Crippen molar-refractivity contribution < 1.29 is 0 Å². The Morgan fingerprint density at radius 3 is 1.83 bits per heavy atom. The Balaban J connectivity index is 1.65. The summed E-state index contributed by atoms with van der Waals surface area (Å²) in [7, 11) is 0. The Morgan fingerprint density at radius 1 is 0.667 bits per heavy atom. The van der Waals surface area contributed by atoms with Crippen molar-refractivity contribution in [1.82, 2.24) is 5.32 Å². The van der Waals surface area contributed by atoms with Crippen LogP contribution in [0.5, 0.6) is 0 Å². The lowest BCUT2D eigenvalue weighted by atomic mass is 9.95. The molecule has 0 saturated heterocycles. The Kier molecular flexibility index (Phi) is 4.11. The van der Waals surface area contributed by atoms with E-state index >= 15 is 0 Å². The summed E-state index contributed by atoms with van der Waals surface area (Å²) in [5, 5.41) is 3.65. The Hall–Kier alpha value is -2.87. The fourth-order valence-corrected chi connectivity index (χ4v) is 3.27. The van der Waals surface area contributed by atoms with Crippen LogP contribution in [0.25, 0.3) is 0 Å². The second-order valence-electron chi connectivity index (χ2n) is 6.13. The van der Waals surface area contributed by atoms with Crippen molar-refractivity contribution in [2.75, 3.05) is 0 Å². The molecule has 3 aromatic carbocycles. The topological polar surface area (TPSA) is 24.4 Å². The van der Waals surface area contributed by atoms with Crippen LogP contribution in [-0.4, -0.2) is 5.84 Å². The van der Waals surface area contributed by atoms with Crippen LogP contribution in [0.1, 0.15) is 28.8 Å². The van der Waals surface area contributed by atoms with E-state index in [-0.39, 0.29) is 12.1 Å². The van der Waals surface area contributed by atoms with Gasteiger partial charge in [-0.2, -0.15) is 0 Å². The second-order valence-corrected chi connectivity index (χ2v) is 6.13. The van der Waals surface area contributed by atoms with E-state index in [4.69, 9.17) is 4.99 Å². The number of rotatable bonds is 4. The molecule has 0 radical (unpaired) electrons. The second kappa shape index (κ2) is 6.71. The smallest absolute Gasteiger partial charge is 0.102 e. The zero-order valence-electron chi connectivity index (χ0n) is 13.5. The maximum atomic E-state index is 5.02. The summed E-state index contributed by atoms with van der Waals surface area (Å²) in [5.41, 5.74) is 3.81. The van der Waals surface area contributed by atoms with E-state index < -0.39 is 0 Å². The molecular formula is C22H20N2. The molecule has 3 aromatic rings. The summed E-state index contributed by atoms with van der Waals surface area (Å²) in [4.78, 5) is 5.02. The third-order valence-corrected chi connectivity index (χ3v) is 4.45. The minimum absolute atomic E-state index is 0.118. The van der Waals surface area contributed by atoms with Crippen LogP contribution in [0.4, 0.5) is 0 Å². The highest BCUT2D eigenvalue weighted by Gasteiger charge is 2.30. The van der Waals surface area contributed by atoms with Crippen molar-refractivity contribution in [2.45, 2.75) is 18.5 Å². The number of amidine groups is 1. The molecule has 0 bridgehead atoms. The molecule has 1 N–H and O–H groups in total. The van der Waals surface area contributed by atoms with E-state index in [9.17, 15) is 0 Å². The van der Waals surface area contributed by atoms with E-state index in [0.29, 0.717) is 0 Å². The van der Waals surface area contributed by atoms with Crippen molar-refractivity contribution in [3.05, 3.63) is 108 Å². The first-order chi connectivity index (χ1) is 11.9. The lowest BCUT2D eigenvalue weighted by molar-refractivity contribution is 0.572. The van der Waals surface area contributed by atoms with Crippen LogP contribution in [0.3, 0.4) is 0 Å². The van der Waals surface area contributed by atoms with E-state index in [2.05, 4.69) is 90.2 Å². The largest absolute Gasteiger partial charge is 0.364 e. The SMILES string of the molecule is c1ccc(CC2=N[C@@H](c3ccccc3)[C@H](c3ccccc3)N2)cc1. The van der Waals surface area contributed by atoms with Gasteiger partial charge in [-0.15, -0.1) is 0 Å². The zero-order chi connectivity index (χ0) is 16.2. The predicted molar refractivity (Wildman–Crippen MR) is 99.1 cm³/mol. The lowest BCUT2D eigenvalue weighted by Gasteiger charge is -2.19. The third-order valence-electron chi connectivity index (χ3n) is 4.45. The normalized spacial score (nSPS) is 19.6. The van der Waals surface area contributed by atoms with Gasteiger partial charge in [-0.1, -0.05) is 91.0 Å². The standard InChI is InChI=1S/C22H20N2/c1-4-10-17(11-5-1)16-20-23-21(18-12-6-2-7-13-18)22(24-20)19-14-8-3-9-15-19/h1-15,21-22H,16H2,(H,23,24)/t21-,22-/m0/s1. The molecule has 118 valence electrons. The molecule has 0 fully saturated rings. The summed E-state index contributed by atoms with van der Waals surface area (Å²) in [5.74, 6) is 1.06. The quantitative estimate of drug-likeness (QED) is 0.741. The Morgan fingerprint density at radius 2 is 1.21 bits per heavy atom. The fraction of sp³-hybridized carbons (Fsp3) is 0.136. The van der Waals surface area contributed by atoms with Gasteiger partial charge in [-0.25, -0.2) is 0 Å². The summed E-state index contributed by atoms with van der Waals surface area (Å²) in [6.45, 7) is 0. The summed E-state index contributed by atoms with van der Waals surface area (Å²) in [6, 6.07) is 32.0. The molecule has 1 aliphatic heterocycles. The van der Waals surface area contributed by atoms with Crippen LogP contribution in [0, 0.1) is 0 Å². The van der Waals surface area contributed by atoms with E-state index in [1.807, 2.05) is 6.07 Å². The van der Waals surface area contributed by atoms with Crippen LogP contribution in [0.15, 0.2) is 96.0 Å². The molecule has 0 aliphatic carbocycles. The van der Waals surface area contributed by atoms with Gasteiger partial charge in [0.05, 0.1) is 6.04 Å². The van der Waals surface area contributed by atoms with Gasteiger partial charge in [0.25, 0.3) is 0 Å². The molecule has 2 nitrogen and oxygen atoms in total. The Labute approximate surface area is 142 Å². The molecule has 1 heterocycles. The van der Waals surface area contributed by atoms with E-state index in [1.54, 1.807) is 0 Å². The van der Waals surface area contributed by atoms with Gasteiger partial charge < -0.3 is 5.32 Å². The van der Waals surface area contributed by atoms with Crippen LogP contribution in [0.2, 0.25) is 0 Å². The van der Waals surface area contributed by atoms with Gasteiger partial charge in [-0.05, 0) is 16.7 Å². The molecule has 0 aromatic heterocycles. The predicted octanol–water partition coefficient (Wildman–Crippen LogP) is 4.71. The summed E-state index contributed by atoms with van der Waals surface area (Å²) >= 11 is 0. The molecule has 1 aliphatic rings. The van der Waals surface area contributed by atoms with Crippen LogP contribution >= 0.6 is 0 Å². The van der Waals surface area contributed by atoms with Crippen molar-refractivity contribution in [3.8, 4) is 0 Å². The van der Waals surface area contributed by atoms with Crippen LogP contribution < -0.4 is 5.32 Å². The first-order valence-corrected chi connectivity index (χ1v) is 8.37. The fourth-order valence-electron chi connectivity index (χ4n) is 3.27. The average Bonchev–Trinajstić information content (AvgIpc) is 3.08. The molecule has 0 amide bonds. The minimum atomic E-state index is 0.118. The number of nitrogens with zero attached hydrogens (tertiary/aromatic N) is 1. The van der Waals surface area contributed by atoms with Gasteiger partial charge >= 0.3 is 0 Å². The van der Waals surface area contributed by atoms with Crippen molar-refractivity contribution >= 4 is 5.84 Å². The summed E-state index contributed by atoms with van der Waals surface area (Å²) in [6.07, 6.45) is 0.841. The molecule has 2 atom stereocenters. The number of aliphatic imine (C=N–C) groups is 1. The number of benzene rings is 3. The molecule has 0 saturated carbocycles. The van der Waals surface area contributed by atoms with Crippen LogP contribution in [-0.2, 0) is 6.42 Å². The molecular weight excluding hydrogens is 292 g/mol. The van der Waals surface area contributed by atoms with Gasteiger partial charge in [0.2, 0.25) is 0 Å². The highest BCUT2D eigenvalue weighted by Crippen LogP contribution is 2.36. The summed E-state index contributed by atoms with van der Waals surface area (Å²) < 4.78 is 0. The highest BCUT2D eigenvalue weighted by molar-refractivity contribution is 5.87.